The van der Waals surface area contributed by atoms with Crippen molar-refractivity contribution in [1.82, 2.24) is 0 Å². The number of aliphatic hydroxyl groups excluding tert-OH is 2. The van der Waals surface area contributed by atoms with E-state index in [1.54, 1.807) is 0 Å². The summed E-state index contributed by atoms with van der Waals surface area (Å²) in [7, 11) is 0. The Hall–Kier alpha value is -2.68. The molecular formula is C40H58O2. The highest BCUT2D eigenvalue weighted by Gasteiger charge is 2.33. The Balaban J connectivity index is 1.85. The van der Waals surface area contributed by atoms with Crippen LogP contribution in [0.3, 0.4) is 0 Å². The first-order valence-electron chi connectivity index (χ1n) is 15.8. The van der Waals surface area contributed by atoms with Gasteiger partial charge in [0.25, 0.3) is 0 Å². The normalized spacial score (nSPS) is 26.4. The summed E-state index contributed by atoms with van der Waals surface area (Å²) < 4.78 is 0. The molecule has 0 saturated carbocycles. The molecule has 42 heavy (non-hydrogen) atoms. The molecule has 2 rings (SSSR count). The Morgan fingerprint density at radius 3 is 1.93 bits per heavy atom. The number of hydrogen-bond acceptors (Lipinski definition) is 2. The summed E-state index contributed by atoms with van der Waals surface area (Å²) in [6.45, 7) is 21.8. The van der Waals surface area contributed by atoms with Crippen LogP contribution in [-0.2, 0) is 0 Å². The number of aliphatic hydroxyl groups is 2. The van der Waals surface area contributed by atoms with Gasteiger partial charge in [0.15, 0.2) is 0 Å². The molecule has 2 aliphatic carbocycles. The molecule has 0 aliphatic heterocycles. The van der Waals surface area contributed by atoms with E-state index < -0.39 is 0 Å². The molecule has 2 N–H and O–H groups in total. The van der Waals surface area contributed by atoms with Crippen LogP contribution in [0.2, 0.25) is 0 Å². The lowest BCUT2D eigenvalue weighted by Crippen LogP contribution is -2.32. The summed E-state index contributed by atoms with van der Waals surface area (Å²) in [4.78, 5) is 0. The monoisotopic (exact) mass is 570 g/mol. The Morgan fingerprint density at radius 1 is 0.786 bits per heavy atom. The summed E-state index contributed by atoms with van der Waals surface area (Å²) in [6.07, 6.45) is 32.1. The maximum atomic E-state index is 10.2. The second-order valence-corrected chi connectivity index (χ2v) is 14.0. The summed E-state index contributed by atoms with van der Waals surface area (Å²) in [6, 6.07) is 0. The number of hydrogen-bond donors (Lipinski definition) is 2. The van der Waals surface area contributed by atoms with E-state index in [1.165, 1.54) is 39.0 Å². The average Bonchev–Trinajstić information content (AvgIpc) is 2.86. The largest absolute Gasteiger partial charge is 0.393 e. The highest BCUT2D eigenvalue weighted by molar-refractivity contribution is 5.38. The fraction of sp³-hybridized carbons (Fsp3) is 0.500. The molecule has 2 nitrogen and oxygen atoms in total. The van der Waals surface area contributed by atoms with Crippen LogP contribution < -0.4 is 0 Å². The quantitative estimate of drug-likeness (QED) is 0.192. The standard InChI is InChI=1S/C40H58O2/c1-29(17-13-19-31(3)21-23-35-25-34(6)38(42)28-39(35,7)8)15-11-12-16-30(2)18-14-20-32(4)22-24-37-33(5)26-36(41)27-40(37,9)10/h11-20,22,24-25,34,36,38,41-42H,21,23,26-28H2,1-10H3/b12-11+,17-13+,18-14+,24-22+,29-15+,30-16+,31-19+,32-20+/t34-,36-,38+/m0/s1. The molecule has 0 fully saturated rings. The zero-order valence-corrected chi connectivity index (χ0v) is 28.2. The Bertz CT molecular complexity index is 1230. The predicted octanol–water partition coefficient (Wildman–Crippen LogP) is 10.6. The van der Waals surface area contributed by atoms with E-state index in [1.807, 2.05) is 0 Å². The molecule has 0 radical (unpaired) electrons. The third-order valence-electron chi connectivity index (χ3n) is 8.73. The Morgan fingerprint density at radius 2 is 1.33 bits per heavy atom. The van der Waals surface area contributed by atoms with Crippen molar-refractivity contribution in [2.75, 3.05) is 0 Å². The minimum Gasteiger partial charge on any atom is -0.393 e. The summed E-state index contributed by atoms with van der Waals surface area (Å²) in [5.41, 5.74) is 9.20. The zero-order chi connectivity index (χ0) is 31.5. The average molecular weight is 571 g/mol. The van der Waals surface area contributed by atoms with Gasteiger partial charge in [0, 0.05) is 5.92 Å². The van der Waals surface area contributed by atoms with Crippen LogP contribution in [-0.4, -0.2) is 22.4 Å². The van der Waals surface area contributed by atoms with Crippen LogP contribution in [0.15, 0.2) is 118 Å². The van der Waals surface area contributed by atoms with Gasteiger partial charge in [-0.15, -0.1) is 0 Å². The van der Waals surface area contributed by atoms with Crippen molar-refractivity contribution in [1.29, 1.82) is 0 Å². The lowest BCUT2D eigenvalue weighted by atomic mass is 9.70. The molecule has 0 unspecified atom stereocenters. The van der Waals surface area contributed by atoms with Crippen LogP contribution in [0.1, 0.15) is 101 Å². The third kappa shape index (κ3) is 11.9. The van der Waals surface area contributed by atoms with Crippen LogP contribution in [0.4, 0.5) is 0 Å². The first-order chi connectivity index (χ1) is 19.6. The van der Waals surface area contributed by atoms with Gasteiger partial charge < -0.3 is 10.2 Å². The Kier molecular flexibility index (Phi) is 13.7. The van der Waals surface area contributed by atoms with Gasteiger partial charge in [-0.25, -0.2) is 0 Å². The van der Waals surface area contributed by atoms with E-state index in [-0.39, 0.29) is 29.0 Å². The van der Waals surface area contributed by atoms with Crippen LogP contribution in [0, 0.1) is 16.7 Å². The van der Waals surface area contributed by atoms with Crippen molar-refractivity contribution in [3.8, 4) is 0 Å². The van der Waals surface area contributed by atoms with Crippen LogP contribution in [0.5, 0.6) is 0 Å². The highest BCUT2D eigenvalue weighted by Crippen LogP contribution is 2.42. The van der Waals surface area contributed by atoms with Crippen LogP contribution in [0.25, 0.3) is 0 Å². The summed E-state index contributed by atoms with van der Waals surface area (Å²) in [5.74, 6) is 0.250. The summed E-state index contributed by atoms with van der Waals surface area (Å²) >= 11 is 0. The molecule has 3 atom stereocenters. The number of allylic oxidation sites excluding steroid dienone is 18. The highest BCUT2D eigenvalue weighted by atomic mass is 16.3. The minimum absolute atomic E-state index is 0.00784. The van der Waals surface area contributed by atoms with Crippen molar-refractivity contribution >= 4 is 0 Å². The van der Waals surface area contributed by atoms with Gasteiger partial charge in [-0.2, -0.15) is 0 Å². The molecule has 2 aliphatic rings. The third-order valence-corrected chi connectivity index (χ3v) is 8.73. The Labute approximate surface area is 258 Å². The van der Waals surface area contributed by atoms with Gasteiger partial charge in [0.2, 0.25) is 0 Å². The van der Waals surface area contributed by atoms with Crippen molar-refractivity contribution in [2.24, 2.45) is 16.7 Å². The van der Waals surface area contributed by atoms with Crippen molar-refractivity contribution < 1.29 is 10.2 Å². The molecule has 0 saturated heterocycles. The molecular weight excluding hydrogens is 512 g/mol. The molecule has 2 heteroatoms. The second kappa shape index (κ2) is 16.2. The fourth-order valence-electron chi connectivity index (χ4n) is 6.02. The van der Waals surface area contributed by atoms with E-state index in [4.69, 9.17) is 0 Å². The number of rotatable bonds is 11. The molecule has 0 aromatic rings. The van der Waals surface area contributed by atoms with Gasteiger partial charge >= 0.3 is 0 Å². The zero-order valence-electron chi connectivity index (χ0n) is 28.2. The molecule has 0 amide bonds. The maximum absolute atomic E-state index is 10.2. The fourth-order valence-corrected chi connectivity index (χ4v) is 6.02. The summed E-state index contributed by atoms with van der Waals surface area (Å²) in [5, 5.41) is 20.3. The lowest BCUT2D eigenvalue weighted by Gasteiger charge is -2.37. The SMILES string of the molecule is CC1=C(/C=C/C(C)=C/C=C/C(C)=C/C=C/C=C(C)/C=C/C=C(\C)CCC2=C[C@H](C)[C@H](O)CC2(C)C)C(C)(C)C[C@@H](O)C1. The van der Waals surface area contributed by atoms with Gasteiger partial charge in [-0.05, 0) is 83.1 Å². The smallest absolute Gasteiger partial charge is 0.0608 e. The van der Waals surface area contributed by atoms with Gasteiger partial charge in [0.1, 0.15) is 0 Å². The van der Waals surface area contributed by atoms with Gasteiger partial charge in [0.05, 0.1) is 12.2 Å². The van der Waals surface area contributed by atoms with Gasteiger partial charge in [-0.1, -0.05) is 147 Å². The first kappa shape index (κ1) is 35.5. The van der Waals surface area contributed by atoms with Crippen molar-refractivity contribution in [3.05, 3.63) is 118 Å². The topological polar surface area (TPSA) is 40.5 Å². The van der Waals surface area contributed by atoms with E-state index >= 15 is 0 Å². The molecule has 230 valence electrons. The van der Waals surface area contributed by atoms with E-state index in [9.17, 15) is 10.2 Å². The minimum atomic E-state index is -0.225. The van der Waals surface area contributed by atoms with E-state index in [0.29, 0.717) is 0 Å². The van der Waals surface area contributed by atoms with Crippen molar-refractivity contribution in [2.45, 2.75) is 114 Å². The molecule has 0 spiro atoms. The molecule has 0 heterocycles. The predicted molar refractivity (Wildman–Crippen MR) is 184 cm³/mol. The van der Waals surface area contributed by atoms with E-state index in [0.717, 1.165) is 32.1 Å². The molecule has 0 aromatic heterocycles. The first-order valence-corrected chi connectivity index (χ1v) is 15.8. The maximum Gasteiger partial charge on any atom is 0.0608 e. The van der Waals surface area contributed by atoms with E-state index in [2.05, 4.69) is 148 Å². The van der Waals surface area contributed by atoms with Gasteiger partial charge in [-0.3, -0.25) is 0 Å². The molecule has 0 aromatic carbocycles. The lowest BCUT2D eigenvalue weighted by molar-refractivity contribution is 0.0816. The second-order valence-electron chi connectivity index (χ2n) is 14.0. The molecule has 0 bridgehead atoms. The van der Waals surface area contributed by atoms with Crippen molar-refractivity contribution in [3.63, 3.8) is 0 Å². The van der Waals surface area contributed by atoms with Crippen LogP contribution >= 0.6 is 0 Å².